The zero-order valence-electron chi connectivity index (χ0n) is 45.3. The topological polar surface area (TPSA) is 213 Å². The predicted octanol–water partition coefficient (Wildman–Crippen LogP) is 6.20. The Kier molecular flexibility index (Phi) is 19.1. The number of aromatic nitrogens is 8. The zero-order valence-corrected chi connectivity index (χ0v) is 46.1. The Labute approximate surface area is 447 Å². The number of nitrogens with two attached hydrogens (primary N) is 1. The standard InChI is InChI=1S/C20H27F2N7O2.C15H22BF2N3O2.C14H22ClN5O2/c1-11-8-30-5-4-28(11)19-25-18(15-7-24-16(23)6-14(15)17(21)22)26-20(27-19)29-12(2)9-31-10-13(29)3;1-14(2)15(3,4)23-16(22-14)11-8-19-12(20-9-21(5)6)7-10(11)13(17)18;1-9-6-21-5-4-19(9)13-16-12(15)17-14(18-13)20-10(2)7-22-8-11(20)3/h6-7,11-13,17H,4-5,8-10H2,1-3H3,(H2,23,24);7-9,13H,1-6H3;9-11H,4-8H2,1-3H3/t11-,12-,13-;;9-,10-,11-/m1.1/s1. The van der Waals surface area contributed by atoms with Gasteiger partial charge in [0.2, 0.25) is 29.1 Å². The lowest BCUT2D eigenvalue weighted by atomic mass is 9.77. The molecule has 5 fully saturated rings. The summed E-state index contributed by atoms with van der Waals surface area (Å²) in [6.07, 6.45) is -1.25. The lowest BCUT2D eigenvalue weighted by Gasteiger charge is -2.39. The predicted molar refractivity (Wildman–Crippen MR) is 284 cm³/mol. The van der Waals surface area contributed by atoms with E-state index in [2.05, 4.69) is 75.4 Å². The quantitative estimate of drug-likeness (QED) is 0.0811. The van der Waals surface area contributed by atoms with Gasteiger partial charge in [-0.1, -0.05) is 0 Å². The maximum atomic E-state index is 13.8. The number of anilines is 5. The Morgan fingerprint density at radius 1 is 0.645 bits per heavy atom. The second-order valence-corrected chi connectivity index (χ2v) is 21.1. The second kappa shape index (κ2) is 25.0. The molecule has 27 heteroatoms. The van der Waals surface area contributed by atoms with Crippen molar-refractivity contribution in [3.63, 3.8) is 0 Å². The molecule has 0 aromatic carbocycles. The van der Waals surface area contributed by atoms with Gasteiger partial charge in [0.1, 0.15) is 5.82 Å². The summed E-state index contributed by atoms with van der Waals surface area (Å²) < 4.78 is 88.3. The van der Waals surface area contributed by atoms with Crippen LogP contribution in [0.15, 0.2) is 29.5 Å². The third-order valence-corrected chi connectivity index (χ3v) is 14.0. The van der Waals surface area contributed by atoms with Crippen LogP contribution in [0.2, 0.25) is 5.28 Å². The van der Waals surface area contributed by atoms with Crippen LogP contribution < -0.4 is 30.8 Å². The van der Waals surface area contributed by atoms with E-state index in [9.17, 15) is 17.6 Å². The molecule has 4 aromatic rings. The molecule has 76 heavy (non-hydrogen) atoms. The van der Waals surface area contributed by atoms with Crippen LogP contribution in [0, 0.1) is 0 Å². The van der Waals surface area contributed by atoms with Gasteiger partial charge in [0.25, 0.3) is 12.9 Å². The molecule has 9 rings (SSSR count). The van der Waals surface area contributed by atoms with Crippen molar-refractivity contribution in [1.29, 1.82) is 0 Å². The van der Waals surface area contributed by atoms with Crippen LogP contribution in [-0.2, 0) is 28.3 Å². The van der Waals surface area contributed by atoms with Gasteiger partial charge in [-0.2, -0.15) is 29.9 Å². The van der Waals surface area contributed by atoms with E-state index in [4.69, 9.17) is 50.6 Å². The fourth-order valence-electron chi connectivity index (χ4n) is 9.06. The highest BCUT2D eigenvalue weighted by Crippen LogP contribution is 2.38. The lowest BCUT2D eigenvalue weighted by Crippen LogP contribution is -2.51. The molecule has 2 N–H and O–H groups in total. The molecule has 0 spiro atoms. The Hall–Kier alpha value is -5.38. The van der Waals surface area contributed by atoms with Crippen molar-refractivity contribution in [2.75, 3.05) is 105 Å². The van der Waals surface area contributed by atoms with Crippen LogP contribution in [0.3, 0.4) is 0 Å². The number of hydrogen-bond acceptors (Lipinski definition) is 20. The largest absolute Gasteiger partial charge is 0.496 e. The van der Waals surface area contributed by atoms with Crippen molar-refractivity contribution < 1.29 is 45.8 Å². The van der Waals surface area contributed by atoms with Crippen molar-refractivity contribution in [2.45, 2.75) is 130 Å². The number of hydrogen-bond donors (Lipinski definition) is 1. The Morgan fingerprint density at radius 2 is 1.11 bits per heavy atom. The smallest absolute Gasteiger partial charge is 0.399 e. The van der Waals surface area contributed by atoms with Crippen LogP contribution in [0.1, 0.15) is 93.2 Å². The number of alkyl halides is 4. The van der Waals surface area contributed by atoms with Crippen molar-refractivity contribution in [3.8, 4) is 11.4 Å². The molecular weight excluding hydrogens is 1020 g/mol. The molecule has 4 aromatic heterocycles. The number of nitrogens with zero attached hydrogens (tertiary/aromatic N) is 14. The minimum Gasteiger partial charge on any atom is -0.399 e. The van der Waals surface area contributed by atoms with E-state index in [0.717, 1.165) is 6.54 Å². The van der Waals surface area contributed by atoms with Crippen molar-refractivity contribution >= 4 is 65.9 Å². The molecule has 0 aliphatic carbocycles. The van der Waals surface area contributed by atoms with Gasteiger partial charge < -0.3 is 58.5 Å². The minimum atomic E-state index is -2.74. The highest BCUT2D eigenvalue weighted by atomic mass is 35.5. The number of aliphatic imine (C=N–C) groups is 1. The normalized spacial score (nSPS) is 24.6. The van der Waals surface area contributed by atoms with E-state index in [1.807, 2.05) is 53.4 Å². The Balaban J connectivity index is 0.000000169. The maximum Gasteiger partial charge on any atom is 0.496 e. The Bertz CT molecular complexity index is 2580. The number of rotatable bonds is 10. The average Bonchev–Trinajstić information content (AvgIpc) is 3.59. The van der Waals surface area contributed by atoms with Gasteiger partial charge in [0, 0.05) is 61.7 Å². The molecule has 0 radical (unpaired) electrons. The number of ether oxygens (including phenoxy) is 4. The lowest BCUT2D eigenvalue weighted by molar-refractivity contribution is 0.00578. The second-order valence-electron chi connectivity index (χ2n) is 20.7. The van der Waals surface area contributed by atoms with Gasteiger partial charge in [0.15, 0.2) is 11.6 Å². The van der Waals surface area contributed by atoms with Crippen LogP contribution in [0.5, 0.6) is 0 Å². The average molecular weight is 1090 g/mol. The highest BCUT2D eigenvalue weighted by Gasteiger charge is 2.53. The SMILES string of the molecule is CN(C)C=Nc1cc(C(F)F)c(B2OC(C)(C)C(C)(C)O2)cn1.C[C@@H]1COCCN1c1nc(-c2cnc(N)cc2C(F)F)nc(N2[C@H](C)COC[C@H]2C)n1.C[C@@H]1COCCN1c1nc(Cl)nc(N2[C@H](C)COC[C@H]2C)n1. The highest BCUT2D eigenvalue weighted by molar-refractivity contribution is 6.62. The first-order valence-electron chi connectivity index (χ1n) is 25.4. The van der Waals surface area contributed by atoms with E-state index in [-0.39, 0.29) is 81.1 Å². The van der Waals surface area contributed by atoms with Gasteiger partial charge in [0.05, 0.1) is 107 Å². The van der Waals surface area contributed by atoms with Crippen LogP contribution in [0.4, 0.5) is 53.0 Å². The van der Waals surface area contributed by atoms with E-state index in [0.29, 0.717) is 83.2 Å². The first-order chi connectivity index (χ1) is 35.9. The minimum absolute atomic E-state index is 0.0192. The number of halogens is 5. The number of nitrogen functional groups attached to an aromatic ring is 1. The van der Waals surface area contributed by atoms with E-state index in [1.165, 1.54) is 30.9 Å². The molecule has 0 saturated carbocycles. The molecule has 0 amide bonds. The summed E-state index contributed by atoms with van der Waals surface area (Å²) in [5.74, 6) is 2.49. The summed E-state index contributed by atoms with van der Waals surface area (Å²) in [7, 11) is 2.70. The summed E-state index contributed by atoms with van der Waals surface area (Å²) in [5, 5.41) is 0.226. The third-order valence-electron chi connectivity index (χ3n) is 13.8. The maximum absolute atomic E-state index is 13.8. The monoisotopic (exact) mass is 1090 g/mol. The van der Waals surface area contributed by atoms with Crippen LogP contribution in [0.25, 0.3) is 11.4 Å². The molecule has 0 bridgehead atoms. The summed E-state index contributed by atoms with van der Waals surface area (Å²) in [6, 6.07) is 3.15. The first kappa shape index (κ1) is 58.3. The van der Waals surface area contributed by atoms with Crippen molar-refractivity contribution in [1.82, 2.24) is 44.8 Å². The van der Waals surface area contributed by atoms with Gasteiger partial charge in [-0.15, -0.1) is 0 Å². The van der Waals surface area contributed by atoms with Gasteiger partial charge in [-0.3, -0.25) is 0 Å². The molecular formula is C49H71BClF4N15O6. The van der Waals surface area contributed by atoms with Crippen molar-refractivity contribution in [2.24, 2.45) is 4.99 Å². The number of morpholine rings is 4. The van der Waals surface area contributed by atoms with Gasteiger partial charge >= 0.3 is 7.12 Å². The summed E-state index contributed by atoms with van der Waals surface area (Å²) in [6.45, 7) is 26.0. The number of pyridine rings is 2. The van der Waals surface area contributed by atoms with E-state index in [1.54, 1.807) is 19.0 Å². The molecule has 5 aliphatic heterocycles. The summed E-state index contributed by atoms with van der Waals surface area (Å²) >= 11 is 6.15. The Morgan fingerprint density at radius 3 is 1.59 bits per heavy atom. The third kappa shape index (κ3) is 13.8. The van der Waals surface area contributed by atoms with Crippen molar-refractivity contribution in [3.05, 3.63) is 40.9 Å². The first-order valence-corrected chi connectivity index (χ1v) is 25.8. The molecule has 21 nitrogen and oxygen atoms in total. The van der Waals surface area contributed by atoms with E-state index >= 15 is 0 Å². The fraction of sp³-hybridized carbons (Fsp3) is 0.653. The van der Waals surface area contributed by atoms with E-state index < -0.39 is 31.2 Å². The summed E-state index contributed by atoms with van der Waals surface area (Å²) in [5.41, 5.74) is 4.40. The molecule has 6 atom stereocenters. The molecule has 416 valence electrons. The fourth-order valence-corrected chi connectivity index (χ4v) is 9.21. The molecule has 0 unspecified atom stereocenters. The van der Waals surface area contributed by atoms with Crippen LogP contribution in [-0.4, -0.2) is 186 Å². The van der Waals surface area contributed by atoms with Gasteiger partial charge in [-0.05, 0) is 93.0 Å². The van der Waals surface area contributed by atoms with Gasteiger partial charge in [-0.25, -0.2) is 32.5 Å². The molecule has 5 aliphatic rings. The molecule has 5 saturated heterocycles. The van der Waals surface area contributed by atoms with Crippen LogP contribution >= 0.6 is 11.6 Å². The zero-order chi connectivity index (χ0) is 55.2. The molecule has 9 heterocycles. The summed E-state index contributed by atoms with van der Waals surface area (Å²) in [4.78, 5) is 49.4.